The summed E-state index contributed by atoms with van der Waals surface area (Å²) in [5.41, 5.74) is 7.98. The lowest BCUT2D eigenvalue weighted by molar-refractivity contribution is 0.141. The summed E-state index contributed by atoms with van der Waals surface area (Å²) in [6, 6.07) is 7.38. The van der Waals surface area contributed by atoms with Crippen LogP contribution in [0.4, 0.5) is 11.4 Å². The molecule has 2 rings (SSSR count). The van der Waals surface area contributed by atoms with Crippen molar-refractivity contribution >= 4 is 11.4 Å². The molecule has 0 radical (unpaired) electrons. The highest BCUT2D eigenvalue weighted by Gasteiger charge is 2.24. The molecule has 4 heteroatoms. The molecule has 2 atom stereocenters. The van der Waals surface area contributed by atoms with E-state index in [4.69, 9.17) is 11.0 Å². The van der Waals surface area contributed by atoms with Gasteiger partial charge in [0.25, 0.3) is 0 Å². The van der Waals surface area contributed by atoms with Gasteiger partial charge in [-0.25, -0.2) is 0 Å². The lowest BCUT2D eigenvalue weighted by Crippen LogP contribution is -2.28. The van der Waals surface area contributed by atoms with E-state index in [0.29, 0.717) is 23.1 Å². The second-order valence-corrected chi connectivity index (χ2v) is 5.28. The standard InChI is InChI=1S/C15H21N3O/c16-8-11-5-6-15(14(17)7-11)18-9-12-3-1-2-4-13(12)10-19/h5-7,12-13,18-19H,1-4,9-10,17H2. The second kappa shape index (κ2) is 6.44. The fraction of sp³-hybridized carbons (Fsp3) is 0.533. The van der Waals surface area contributed by atoms with E-state index in [9.17, 15) is 5.11 Å². The average molecular weight is 259 g/mol. The molecule has 1 fully saturated rings. The van der Waals surface area contributed by atoms with E-state index in [2.05, 4.69) is 11.4 Å². The van der Waals surface area contributed by atoms with Crippen LogP contribution in [0.1, 0.15) is 31.2 Å². The van der Waals surface area contributed by atoms with Crippen LogP contribution in [-0.4, -0.2) is 18.3 Å². The summed E-state index contributed by atoms with van der Waals surface area (Å²) in [6.07, 6.45) is 4.74. The van der Waals surface area contributed by atoms with Gasteiger partial charge in [0.15, 0.2) is 0 Å². The van der Waals surface area contributed by atoms with E-state index in [-0.39, 0.29) is 6.61 Å². The van der Waals surface area contributed by atoms with Gasteiger partial charge in [-0.1, -0.05) is 12.8 Å². The minimum atomic E-state index is 0.273. The van der Waals surface area contributed by atoms with Crippen LogP contribution >= 0.6 is 0 Å². The molecule has 0 saturated heterocycles. The Bertz CT molecular complexity index is 467. The molecule has 2 unspecified atom stereocenters. The van der Waals surface area contributed by atoms with Gasteiger partial charge in [0.2, 0.25) is 0 Å². The lowest BCUT2D eigenvalue weighted by atomic mass is 9.79. The van der Waals surface area contributed by atoms with Crippen LogP contribution in [0.3, 0.4) is 0 Å². The van der Waals surface area contributed by atoms with Gasteiger partial charge >= 0.3 is 0 Å². The number of nitrogens with zero attached hydrogens (tertiary/aromatic N) is 1. The Labute approximate surface area is 114 Å². The summed E-state index contributed by atoms with van der Waals surface area (Å²) >= 11 is 0. The molecule has 0 heterocycles. The Balaban J connectivity index is 1.96. The van der Waals surface area contributed by atoms with Crippen LogP contribution in [0.5, 0.6) is 0 Å². The van der Waals surface area contributed by atoms with Gasteiger partial charge in [-0.3, -0.25) is 0 Å². The molecule has 0 bridgehead atoms. The van der Waals surface area contributed by atoms with E-state index in [1.807, 2.05) is 6.07 Å². The van der Waals surface area contributed by atoms with Gasteiger partial charge in [-0.05, 0) is 42.9 Å². The SMILES string of the molecule is N#Cc1ccc(NCC2CCCCC2CO)c(N)c1. The first kappa shape index (κ1) is 13.7. The third-order valence-corrected chi connectivity index (χ3v) is 4.04. The Kier molecular flexibility index (Phi) is 4.64. The average Bonchev–Trinajstić information content (AvgIpc) is 2.46. The van der Waals surface area contributed by atoms with Crippen LogP contribution in [0.15, 0.2) is 18.2 Å². The number of rotatable bonds is 4. The molecule has 0 aromatic heterocycles. The summed E-state index contributed by atoms with van der Waals surface area (Å²) in [5.74, 6) is 0.912. The molecule has 102 valence electrons. The number of aliphatic hydroxyl groups is 1. The van der Waals surface area contributed by atoms with Gasteiger partial charge in [-0.15, -0.1) is 0 Å². The first-order chi connectivity index (χ1) is 9.24. The number of nitrogens with one attached hydrogen (secondary N) is 1. The maximum atomic E-state index is 9.39. The van der Waals surface area contributed by atoms with Crippen molar-refractivity contribution in [3.05, 3.63) is 23.8 Å². The number of anilines is 2. The minimum absolute atomic E-state index is 0.273. The van der Waals surface area contributed by atoms with Crippen molar-refractivity contribution in [1.82, 2.24) is 0 Å². The van der Waals surface area contributed by atoms with E-state index in [0.717, 1.165) is 25.1 Å². The Hall–Kier alpha value is -1.73. The zero-order valence-electron chi connectivity index (χ0n) is 11.1. The fourth-order valence-corrected chi connectivity index (χ4v) is 2.83. The normalized spacial score (nSPS) is 22.7. The third kappa shape index (κ3) is 3.39. The molecular weight excluding hydrogens is 238 g/mol. The molecule has 0 amide bonds. The number of hydrogen-bond acceptors (Lipinski definition) is 4. The van der Waals surface area contributed by atoms with E-state index < -0.39 is 0 Å². The number of hydrogen-bond donors (Lipinski definition) is 3. The Morgan fingerprint density at radius 1 is 1.32 bits per heavy atom. The predicted molar refractivity (Wildman–Crippen MR) is 76.6 cm³/mol. The number of nitriles is 1. The summed E-state index contributed by atoms with van der Waals surface area (Å²) < 4.78 is 0. The predicted octanol–water partition coefficient (Wildman–Crippen LogP) is 2.35. The fourth-order valence-electron chi connectivity index (χ4n) is 2.83. The molecule has 1 aliphatic carbocycles. The van der Waals surface area contributed by atoms with Crippen molar-refractivity contribution in [2.45, 2.75) is 25.7 Å². The van der Waals surface area contributed by atoms with Crippen molar-refractivity contribution in [2.75, 3.05) is 24.2 Å². The van der Waals surface area contributed by atoms with E-state index >= 15 is 0 Å². The third-order valence-electron chi connectivity index (χ3n) is 4.04. The summed E-state index contributed by atoms with van der Waals surface area (Å²) in [7, 11) is 0. The van der Waals surface area contributed by atoms with Gasteiger partial charge < -0.3 is 16.2 Å². The van der Waals surface area contributed by atoms with Crippen LogP contribution in [0.25, 0.3) is 0 Å². The largest absolute Gasteiger partial charge is 0.397 e. The number of nitrogen functional groups attached to an aromatic ring is 1. The number of aliphatic hydroxyl groups excluding tert-OH is 1. The highest BCUT2D eigenvalue weighted by Crippen LogP contribution is 2.30. The van der Waals surface area contributed by atoms with Crippen LogP contribution < -0.4 is 11.1 Å². The van der Waals surface area contributed by atoms with Crippen molar-refractivity contribution < 1.29 is 5.11 Å². The highest BCUT2D eigenvalue weighted by molar-refractivity contribution is 5.68. The van der Waals surface area contributed by atoms with Gasteiger partial charge in [0.1, 0.15) is 0 Å². The zero-order chi connectivity index (χ0) is 13.7. The molecule has 1 aliphatic rings. The summed E-state index contributed by atoms with van der Waals surface area (Å²) in [6.45, 7) is 1.11. The minimum Gasteiger partial charge on any atom is -0.397 e. The summed E-state index contributed by atoms with van der Waals surface area (Å²) in [4.78, 5) is 0. The molecule has 1 aromatic carbocycles. The molecule has 4 nitrogen and oxygen atoms in total. The first-order valence-electron chi connectivity index (χ1n) is 6.89. The second-order valence-electron chi connectivity index (χ2n) is 5.28. The summed E-state index contributed by atoms with van der Waals surface area (Å²) in [5, 5.41) is 21.5. The topological polar surface area (TPSA) is 82.1 Å². The van der Waals surface area contributed by atoms with Crippen molar-refractivity contribution in [2.24, 2.45) is 11.8 Å². The van der Waals surface area contributed by atoms with E-state index in [1.54, 1.807) is 12.1 Å². The van der Waals surface area contributed by atoms with Gasteiger partial charge in [-0.2, -0.15) is 5.26 Å². The molecule has 4 N–H and O–H groups in total. The lowest BCUT2D eigenvalue weighted by Gasteiger charge is -2.30. The zero-order valence-corrected chi connectivity index (χ0v) is 11.1. The maximum absolute atomic E-state index is 9.39. The molecule has 1 aromatic rings. The van der Waals surface area contributed by atoms with Crippen molar-refractivity contribution in [1.29, 1.82) is 5.26 Å². The smallest absolute Gasteiger partial charge is 0.0992 e. The molecule has 0 aliphatic heterocycles. The molecular formula is C15H21N3O. The molecule has 1 saturated carbocycles. The van der Waals surface area contributed by atoms with Crippen molar-refractivity contribution in [3.63, 3.8) is 0 Å². The highest BCUT2D eigenvalue weighted by atomic mass is 16.3. The molecule has 19 heavy (non-hydrogen) atoms. The van der Waals surface area contributed by atoms with Crippen LogP contribution in [0.2, 0.25) is 0 Å². The van der Waals surface area contributed by atoms with E-state index in [1.165, 1.54) is 12.8 Å². The number of nitrogens with two attached hydrogens (primary N) is 1. The van der Waals surface area contributed by atoms with Crippen LogP contribution in [0, 0.1) is 23.2 Å². The van der Waals surface area contributed by atoms with Gasteiger partial charge in [0.05, 0.1) is 23.0 Å². The quantitative estimate of drug-likeness (QED) is 0.725. The number of benzene rings is 1. The van der Waals surface area contributed by atoms with Crippen molar-refractivity contribution in [3.8, 4) is 6.07 Å². The first-order valence-corrected chi connectivity index (χ1v) is 6.89. The monoisotopic (exact) mass is 259 g/mol. The molecule has 0 spiro atoms. The van der Waals surface area contributed by atoms with Crippen LogP contribution in [-0.2, 0) is 0 Å². The Morgan fingerprint density at radius 3 is 2.68 bits per heavy atom. The Morgan fingerprint density at radius 2 is 2.05 bits per heavy atom. The van der Waals surface area contributed by atoms with Gasteiger partial charge in [0, 0.05) is 13.2 Å². The maximum Gasteiger partial charge on any atom is 0.0992 e.